The number of nitrogens with two attached hydrogens (primary N) is 1. The number of nitrogens with one attached hydrogen (secondary N) is 2. The van der Waals surface area contributed by atoms with Crippen LogP contribution in [0.4, 0.5) is 5.69 Å². The average molecular weight is 189 g/mol. The highest BCUT2D eigenvalue weighted by Gasteiger charge is 1.93. The molecule has 74 valence electrons. The van der Waals surface area contributed by atoms with Gasteiger partial charge in [0, 0.05) is 11.9 Å². The van der Waals surface area contributed by atoms with E-state index in [0.717, 1.165) is 5.69 Å². The van der Waals surface area contributed by atoms with Gasteiger partial charge in [-0.2, -0.15) is 0 Å². The van der Waals surface area contributed by atoms with Crippen molar-refractivity contribution in [2.24, 2.45) is 5.73 Å². The number of benzene rings is 1. The molecule has 3 heteroatoms. The van der Waals surface area contributed by atoms with Crippen molar-refractivity contribution in [1.29, 1.82) is 5.41 Å². The van der Waals surface area contributed by atoms with Gasteiger partial charge in [0.05, 0.1) is 0 Å². The van der Waals surface area contributed by atoms with Crippen molar-refractivity contribution in [2.75, 3.05) is 5.32 Å². The predicted molar refractivity (Wildman–Crippen MR) is 60.6 cm³/mol. The third-order valence-electron chi connectivity index (χ3n) is 2.02. The van der Waals surface area contributed by atoms with E-state index in [-0.39, 0.29) is 5.84 Å². The molecule has 0 aliphatic rings. The fraction of sp³-hybridized carbons (Fsp3) is 0.182. The summed E-state index contributed by atoms with van der Waals surface area (Å²) in [6.07, 6.45) is 3.17. The van der Waals surface area contributed by atoms with Gasteiger partial charge < -0.3 is 11.1 Å². The zero-order valence-corrected chi connectivity index (χ0v) is 8.46. The SMILES string of the molecule is Cc1ccc(N/C=C\C(=N)N)cc1C. The summed E-state index contributed by atoms with van der Waals surface area (Å²) >= 11 is 0. The van der Waals surface area contributed by atoms with Crippen LogP contribution in [0, 0.1) is 19.3 Å². The van der Waals surface area contributed by atoms with E-state index in [4.69, 9.17) is 11.1 Å². The van der Waals surface area contributed by atoms with E-state index in [0.29, 0.717) is 0 Å². The minimum Gasteiger partial charge on any atom is -0.384 e. The Morgan fingerprint density at radius 3 is 2.64 bits per heavy atom. The monoisotopic (exact) mass is 189 g/mol. The summed E-state index contributed by atoms with van der Waals surface area (Å²) in [5.74, 6) is 0.0429. The Morgan fingerprint density at radius 2 is 2.07 bits per heavy atom. The third kappa shape index (κ3) is 2.94. The van der Waals surface area contributed by atoms with Crippen LogP contribution in [0.2, 0.25) is 0 Å². The molecular formula is C11H15N3. The van der Waals surface area contributed by atoms with E-state index >= 15 is 0 Å². The number of rotatable bonds is 3. The molecule has 4 N–H and O–H groups in total. The first-order chi connectivity index (χ1) is 6.59. The summed E-state index contributed by atoms with van der Waals surface area (Å²) in [4.78, 5) is 0. The van der Waals surface area contributed by atoms with E-state index in [1.54, 1.807) is 6.20 Å². The highest BCUT2D eigenvalue weighted by molar-refractivity contribution is 5.88. The van der Waals surface area contributed by atoms with E-state index in [2.05, 4.69) is 31.3 Å². The van der Waals surface area contributed by atoms with Gasteiger partial charge in [0.2, 0.25) is 0 Å². The van der Waals surface area contributed by atoms with Crippen molar-refractivity contribution in [3.63, 3.8) is 0 Å². The van der Waals surface area contributed by atoms with Gasteiger partial charge in [-0.05, 0) is 43.2 Å². The molecule has 1 rings (SSSR count). The maximum atomic E-state index is 6.99. The second-order valence-electron chi connectivity index (χ2n) is 3.23. The lowest BCUT2D eigenvalue weighted by Crippen LogP contribution is -2.05. The topological polar surface area (TPSA) is 61.9 Å². The average Bonchev–Trinajstić information content (AvgIpc) is 2.10. The third-order valence-corrected chi connectivity index (χ3v) is 2.02. The molecule has 1 aromatic rings. The van der Waals surface area contributed by atoms with Gasteiger partial charge in [0.25, 0.3) is 0 Å². The molecule has 0 heterocycles. The van der Waals surface area contributed by atoms with Gasteiger partial charge in [-0.15, -0.1) is 0 Å². The maximum absolute atomic E-state index is 6.99. The van der Waals surface area contributed by atoms with Crippen molar-refractivity contribution in [1.82, 2.24) is 0 Å². The Hall–Kier alpha value is -1.77. The molecule has 0 fully saturated rings. The van der Waals surface area contributed by atoms with E-state index in [1.165, 1.54) is 17.2 Å². The first-order valence-corrected chi connectivity index (χ1v) is 4.44. The van der Waals surface area contributed by atoms with Gasteiger partial charge >= 0.3 is 0 Å². The molecule has 14 heavy (non-hydrogen) atoms. The highest BCUT2D eigenvalue weighted by Crippen LogP contribution is 2.13. The van der Waals surface area contributed by atoms with Gasteiger partial charge in [-0.3, -0.25) is 5.41 Å². The minimum absolute atomic E-state index is 0.0429. The molecular weight excluding hydrogens is 174 g/mol. The lowest BCUT2D eigenvalue weighted by Gasteiger charge is -2.04. The quantitative estimate of drug-likeness (QED) is 0.504. The zero-order chi connectivity index (χ0) is 10.6. The lowest BCUT2D eigenvalue weighted by molar-refractivity contribution is 1.34. The molecule has 0 aliphatic carbocycles. The fourth-order valence-electron chi connectivity index (χ4n) is 1.06. The predicted octanol–water partition coefficient (Wildman–Crippen LogP) is 2.17. The Balaban J connectivity index is 2.69. The van der Waals surface area contributed by atoms with Crippen LogP contribution in [0.1, 0.15) is 11.1 Å². The molecule has 0 radical (unpaired) electrons. The largest absolute Gasteiger partial charge is 0.384 e. The molecule has 0 unspecified atom stereocenters. The van der Waals surface area contributed by atoms with Crippen LogP contribution < -0.4 is 11.1 Å². The van der Waals surface area contributed by atoms with Gasteiger partial charge in [-0.25, -0.2) is 0 Å². The Bertz CT molecular complexity index is 367. The van der Waals surface area contributed by atoms with Crippen LogP contribution >= 0.6 is 0 Å². The van der Waals surface area contributed by atoms with Crippen LogP contribution in [0.25, 0.3) is 0 Å². The summed E-state index contributed by atoms with van der Waals surface area (Å²) in [7, 11) is 0. The van der Waals surface area contributed by atoms with Crippen molar-refractivity contribution in [3.8, 4) is 0 Å². The van der Waals surface area contributed by atoms with Gasteiger partial charge in [0.15, 0.2) is 0 Å². The smallest absolute Gasteiger partial charge is 0.116 e. The summed E-state index contributed by atoms with van der Waals surface area (Å²) in [5, 5.41) is 10.0. The second-order valence-corrected chi connectivity index (χ2v) is 3.23. The van der Waals surface area contributed by atoms with Crippen molar-refractivity contribution >= 4 is 11.5 Å². The normalized spacial score (nSPS) is 10.4. The molecule has 0 saturated heterocycles. The molecule has 3 nitrogen and oxygen atoms in total. The summed E-state index contributed by atoms with van der Waals surface area (Å²) in [6, 6.07) is 6.10. The second kappa shape index (κ2) is 4.46. The van der Waals surface area contributed by atoms with E-state index in [1.807, 2.05) is 6.07 Å². The van der Waals surface area contributed by atoms with Gasteiger partial charge in [-0.1, -0.05) is 6.07 Å². The number of hydrogen-bond acceptors (Lipinski definition) is 2. The number of anilines is 1. The minimum atomic E-state index is 0.0429. The molecule has 0 saturated carbocycles. The van der Waals surface area contributed by atoms with Crippen molar-refractivity contribution in [3.05, 3.63) is 41.6 Å². The van der Waals surface area contributed by atoms with Gasteiger partial charge in [0.1, 0.15) is 5.84 Å². The first-order valence-electron chi connectivity index (χ1n) is 4.44. The first kappa shape index (κ1) is 10.3. The Morgan fingerprint density at radius 1 is 1.36 bits per heavy atom. The molecule has 0 aromatic heterocycles. The Labute approximate surface area is 84.1 Å². The van der Waals surface area contributed by atoms with Crippen LogP contribution in [-0.2, 0) is 0 Å². The standard InChI is InChI=1S/C11H15N3/c1-8-3-4-10(7-9(8)2)14-6-5-11(12)13/h3-7,14H,1-2H3,(H3,12,13)/b6-5-. The fourth-order valence-corrected chi connectivity index (χ4v) is 1.06. The molecule has 0 aliphatic heterocycles. The Kier molecular flexibility index (Phi) is 3.29. The number of hydrogen-bond donors (Lipinski definition) is 3. The van der Waals surface area contributed by atoms with Crippen LogP contribution in [0.3, 0.4) is 0 Å². The van der Waals surface area contributed by atoms with E-state index in [9.17, 15) is 0 Å². The highest BCUT2D eigenvalue weighted by atomic mass is 14.8. The summed E-state index contributed by atoms with van der Waals surface area (Å²) < 4.78 is 0. The summed E-state index contributed by atoms with van der Waals surface area (Å²) in [5.41, 5.74) is 8.68. The number of amidine groups is 1. The molecule has 0 spiro atoms. The molecule has 0 amide bonds. The molecule has 0 atom stereocenters. The lowest BCUT2D eigenvalue weighted by atomic mass is 10.1. The zero-order valence-electron chi connectivity index (χ0n) is 8.46. The van der Waals surface area contributed by atoms with Crippen LogP contribution in [0.5, 0.6) is 0 Å². The maximum Gasteiger partial charge on any atom is 0.116 e. The molecule has 0 bridgehead atoms. The van der Waals surface area contributed by atoms with Crippen LogP contribution in [-0.4, -0.2) is 5.84 Å². The van der Waals surface area contributed by atoms with E-state index < -0.39 is 0 Å². The summed E-state index contributed by atoms with van der Waals surface area (Å²) in [6.45, 7) is 4.14. The van der Waals surface area contributed by atoms with Crippen molar-refractivity contribution in [2.45, 2.75) is 13.8 Å². The molecule has 1 aromatic carbocycles. The van der Waals surface area contributed by atoms with Crippen molar-refractivity contribution < 1.29 is 0 Å². The van der Waals surface area contributed by atoms with Crippen LogP contribution in [0.15, 0.2) is 30.5 Å². The number of aryl methyl sites for hydroxylation is 2.